The summed E-state index contributed by atoms with van der Waals surface area (Å²) in [5.74, 6) is -0.113. The van der Waals surface area contributed by atoms with E-state index < -0.39 is 0 Å². The van der Waals surface area contributed by atoms with E-state index >= 15 is 0 Å². The van der Waals surface area contributed by atoms with E-state index in [-0.39, 0.29) is 17.2 Å². The summed E-state index contributed by atoms with van der Waals surface area (Å²) in [5.41, 5.74) is 0.999. The fourth-order valence-electron chi connectivity index (χ4n) is 1.52. The monoisotopic (exact) mass is 251 g/mol. The summed E-state index contributed by atoms with van der Waals surface area (Å²) in [6, 6.07) is 0. The molecule has 1 heterocycles. The largest absolute Gasteiger partial charge is 0.510 e. The molecule has 1 aliphatic carbocycles. The number of ketones is 1. The molecule has 2 rings (SSSR count). The molecule has 0 unspecified atom stereocenters. The lowest BCUT2D eigenvalue weighted by atomic mass is 10.0. The molecule has 17 heavy (non-hydrogen) atoms. The Morgan fingerprint density at radius 2 is 2.06 bits per heavy atom. The van der Waals surface area contributed by atoms with Gasteiger partial charge in [-0.3, -0.25) is 4.79 Å². The Morgan fingerprint density at radius 3 is 2.65 bits per heavy atom. The van der Waals surface area contributed by atoms with Crippen LogP contribution in [0.15, 0.2) is 21.7 Å². The number of aryl methyl sites for hydroxylation is 2. The minimum Gasteiger partial charge on any atom is -0.510 e. The van der Waals surface area contributed by atoms with Crippen LogP contribution in [0, 0.1) is 13.8 Å². The van der Waals surface area contributed by atoms with Gasteiger partial charge in [0.15, 0.2) is 11.5 Å². The molecular weight excluding hydrogens is 238 g/mol. The number of hydrogen-bond donors (Lipinski definition) is 1. The van der Waals surface area contributed by atoms with E-state index in [1.807, 2.05) is 13.8 Å². The van der Waals surface area contributed by atoms with Crippen molar-refractivity contribution in [2.24, 2.45) is 10.2 Å². The number of hydrogen-bond acceptors (Lipinski definition) is 6. The number of aliphatic hydroxyl groups is 1. The number of aliphatic hydroxyl groups excluding tert-OH is 1. The van der Waals surface area contributed by atoms with E-state index in [4.69, 9.17) is 0 Å². The SMILES string of the molecule is Cc1nc(N=NC2=C(O)CCCC2=O)sc1C. The quantitative estimate of drug-likeness (QED) is 0.819. The molecule has 0 amide bonds. The molecule has 5 nitrogen and oxygen atoms in total. The fourth-order valence-corrected chi connectivity index (χ4v) is 2.25. The number of Topliss-reactive ketones (excluding diaryl/α,β-unsaturated/α-hetero) is 1. The van der Waals surface area contributed by atoms with Gasteiger partial charge < -0.3 is 5.11 Å². The molecule has 0 aromatic carbocycles. The van der Waals surface area contributed by atoms with Crippen molar-refractivity contribution in [2.45, 2.75) is 33.1 Å². The van der Waals surface area contributed by atoms with Crippen molar-refractivity contribution in [1.82, 2.24) is 4.98 Å². The second kappa shape index (κ2) is 4.75. The van der Waals surface area contributed by atoms with Gasteiger partial charge in [0.25, 0.3) is 0 Å². The topological polar surface area (TPSA) is 74.9 Å². The molecule has 1 aromatic rings. The van der Waals surface area contributed by atoms with Crippen molar-refractivity contribution < 1.29 is 9.90 Å². The van der Waals surface area contributed by atoms with E-state index in [9.17, 15) is 9.90 Å². The Bertz CT molecular complexity index is 497. The summed E-state index contributed by atoms with van der Waals surface area (Å²) >= 11 is 1.42. The summed E-state index contributed by atoms with van der Waals surface area (Å²) in [6.45, 7) is 3.85. The number of nitrogens with zero attached hydrogens (tertiary/aromatic N) is 3. The number of carbonyl (C=O) groups is 1. The smallest absolute Gasteiger partial charge is 0.230 e. The van der Waals surface area contributed by atoms with Crippen LogP contribution in [0.2, 0.25) is 0 Å². The van der Waals surface area contributed by atoms with Gasteiger partial charge in [-0.05, 0) is 20.3 Å². The van der Waals surface area contributed by atoms with Gasteiger partial charge in [0.05, 0.1) is 5.69 Å². The molecule has 1 aliphatic rings. The Labute approximate surface area is 103 Å². The zero-order valence-electron chi connectivity index (χ0n) is 9.73. The minimum absolute atomic E-state index is 0.0370. The lowest BCUT2D eigenvalue weighted by Gasteiger charge is -2.09. The Morgan fingerprint density at radius 1 is 1.29 bits per heavy atom. The van der Waals surface area contributed by atoms with Crippen LogP contribution in [0.5, 0.6) is 0 Å². The van der Waals surface area contributed by atoms with Crippen LogP contribution >= 0.6 is 11.3 Å². The highest BCUT2D eigenvalue weighted by Crippen LogP contribution is 2.27. The van der Waals surface area contributed by atoms with Crippen LogP contribution < -0.4 is 0 Å². The third-order valence-electron chi connectivity index (χ3n) is 2.61. The molecule has 0 bridgehead atoms. The van der Waals surface area contributed by atoms with Gasteiger partial charge in [0.2, 0.25) is 5.13 Å². The summed E-state index contributed by atoms with van der Waals surface area (Å²) in [4.78, 5) is 16.8. The lowest BCUT2D eigenvalue weighted by Crippen LogP contribution is -2.09. The van der Waals surface area contributed by atoms with E-state index in [1.54, 1.807) is 0 Å². The highest BCUT2D eigenvalue weighted by Gasteiger charge is 2.20. The first-order valence-electron chi connectivity index (χ1n) is 5.39. The molecule has 90 valence electrons. The Kier molecular flexibility index (Phi) is 3.33. The van der Waals surface area contributed by atoms with Crippen LogP contribution in [-0.2, 0) is 4.79 Å². The Hall–Kier alpha value is -1.56. The molecule has 0 aliphatic heterocycles. The first-order valence-corrected chi connectivity index (χ1v) is 6.20. The fraction of sp³-hybridized carbons (Fsp3) is 0.455. The second-order valence-electron chi connectivity index (χ2n) is 3.91. The summed E-state index contributed by atoms with van der Waals surface area (Å²) in [5, 5.41) is 17.8. The third kappa shape index (κ3) is 2.58. The normalized spacial score (nSPS) is 17.2. The maximum Gasteiger partial charge on any atom is 0.230 e. The predicted molar refractivity (Wildman–Crippen MR) is 64.6 cm³/mol. The molecule has 0 atom stereocenters. The molecule has 1 aromatic heterocycles. The van der Waals surface area contributed by atoms with Gasteiger partial charge in [-0.1, -0.05) is 11.3 Å². The molecule has 0 saturated carbocycles. The van der Waals surface area contributed by atoms with Crippen molar-refractivity contribution in [3.63, 3.8) is 0 Å². The number of carbonyl (C=O) groups excluding carboxylic acids is 1. The highest BCUT2D eigenvalue weighted by molar-refractivity contribution is 7.15. The van der Waals surface area contributed by atoms with Crippen molar-refractivity contribution in [3.8, 4) is 0 Å². The molecule has 1 N–H and O–H groups in total. The highest BCUT2D eigenvalue weighted by atomic mass is 32.1. The molecule has 0 fully saturated rings. The first-order chi connectivity index (χ1) is 8.08. The number of rotatable bonds is 2. The van der Waals surface area contributed by atoms with Gasteiger partial charge in [-0.15, -0.1) is 10.2 Å². The van der Waals surface area contributed by atoms with Crippen LogP contribution in [0.4, 0.5) is 5.13 Å². The molecule has 0 radical (unpaired) electrons. The summed E-state index contributed by atoms with van der Waals surface area (Å²) in [7, 11) is 0. The van der Waals surface area contributed by atoms with Gasteiger partial charge in [-0.25, -0.2) is 4.98 Å². The number of thiazole rings is 1. The van der Waals surface area contributed by atoms with Gasteiger partial charge in [0.1, 0.15) is 5.76 Å². The van der Waals surface area contributed by atoms with Crippen molar-refractivity contribution >= 4 is 22.3 Å². The zero-order valence-corrected chi connectivity index (χ0v) is 10.5. The van der Waals surface area contributed by atoms with Gasteiger partial charge in [0, 0.05) is 17.7 Å². The van der Waals surface area contributed by atoms with Gasteiger partial charge >= 0.3 is 0 Å². The Balaban J connectivity index is 2.23. The van der Waals surface area contributed by atoms with Gasteiger partial charge in [-0.2, -0.15) is 0 Å². The van der Waals surface area contributed by atoms with E-state index in [2.05, 4.69) is 15.2 Å². The zero-order chi connectivity index (χ0) is 12.4. The molecule has 0 saturated heterocycles. The van der Waals surface area contributed by atoms with Crippen molar-refractivity contribution in [1.29, 1.82) is 0 Å². The summed E-state index contributed by atoms with van der Waals surface area (Å²) in [6.07, 6.45) is 1.60. The number of azo groups is 1. The average Bonchev–Trinajstić information content (AvgIpc) is 2.58. The number of allylic oxidation sites excluding steroid dienone is 2. The number of aromatic nitrogens is 1. The van der Waals surface area contributed by atoms with E-state index in [0.717, 1.165) is 10.6 Å². The molecular formula is C11H13N3O2S. The van der Waals surface area contributed by atoms with Crippen LogP contribution in [0.1, 0.15) is 29.8 Å². The van der Waals surface area contributed by atoms with Crippen molar-refractivity contribution in [3.05, 3.63) is 22.0 Å². The van der Waals surface area contributed by atoms with Crippen LogP contribution in [0.3, 0.4) is 0 Å². The second-order valence-corrected chi connectivity index (χ2v) is 5.09. The van der Waals surface area contributed by atoms with Crippen LogP contribution in [-0.4, -0.2) is 15.9 Å². The lowest BCUT2D eigenvalue weighted by molar-refractivity contribution is -0.116. The standard InChI is InChI=1S/C11H13N3O2S/c1-6-7(2)17-11(12-6)14-13-10-8(15)4-3-5-9(10)16/h15H,3-5H2,1-2H3. The van der Waals surface area contributed by atoms with E-state index in [0.29, 0.717) is 24.4 Å². The minimum atomic E-state index is -0.150. The average molecular weight is 251 g/mol. The third-order valence-corrected chi connectivity index (χ3v) is 3.56. The summed E-state index contributed by atoms with van der Waals surface area (Å²) < 4.78 is 0. The van der Waals surface area contributed by atoms with Crippen LogP contribution in [0.25, 0.3) is 0 Å². The maximum atomic E-state index is 11.5. The first kappa shape index (κ1) is 11.9. The van der Waals surface area contributed by atoms with Crippen molar-refractivity contribution in [2.75, 3.05) is 0 Å². The van der Waals surface area contributed by atoms with E-state index in [1.165, 1.54) is 11.3 Å². The molecule has 6 heteroatoms. The maximum absolute atomic E-state index is 11.5. The molecule has 0 spiro atoms. The predicted octanol–water partition coefficient (Wildman–Crippen LogP) is 3.37.